The van der Waals surface area contributed by atoms with E-state index in [1.54, 1.807) is 31.2 Å². The molecule has 2 N–H and O–H groups in total. The molecule has 1 amide bonds. The van der Waals surface area contributed by atoms with E-state index in [4.69, 9.17) is 11.6 Å². The molecule has 0 radical (unpaired) electrons. The Hall–Kier alpha value is -1.86. The molecule has 1 aromatic heterocycles. The Bertz CT molecular complexity index is 718. The molecule has 116 valence electrons. The molecule has 0 bridgehead atoms. The Kier molecular flexibility index (Phi) is 5.57. The highest BCUT2D eigenvalue weighted by Gasteiger charge is 2.19. The van der Waals surface area contributed by atoms with Crippen molar-refractivity contribution in [2.24, 2.45) is 0 Å². The number of nitrogens with one attached hydrogen (secondary N) is 2. The topological polar surface area (TPSA) is 87.7 Å². The van der Waals surface area contributed by atoms with Crippen molar-refractivity contribution in [2.45, 2.75) is 30.7 Å². The molecule has 2 aromatic rings. The van der Waals surface area contributed by atoms with Gasteiger partial charge in [-0.15, -0.1) is 10.2 Å². The van der Waals surface area contributed by atoms with Gasteiger partial charge < -0.3 is 5.32 Å². The Balaban J connectivity index is 2.06. The molecule has 0 aliphatic heterocycles. The summed E-state index contributed by atoms with van der Waals surface area (Å²) >= 11 is 6.98. The zero-order valence-corrected chi connectivity index (χ0v) is 13.7. The summed E-state index contributed by atoms with van der Waals surface area (Å²) in [5, 5.41) is 11.0. The van der Waals surface area contributed by atoms with Crippen molar-refractivity contribution >= 4 is 35.0 Å². The zero-order valence-electron chi connectivity index (χ0n) is 12.1. The van der Waals surface area contributed by atoms with Crippen LogP contribution in [0, 0.1) is 6.92 Å². The summed E-state index contributed by atoms with van der Waals surface area (Å²) < 4.78 is 0. The second-order valence-corrected chi connectivity index (χ2v) is 6.18. The van der Waals surface area contributed by atoms with E-state index in [1.807, 2.05) is 6.92 Å². The summed E-state index contributed by atoms with van der Waals surface area (Å²) in [6, 6.07) is 6.86. The monoisotopic (exact) mass is 338 g/mol. The van der Waals surface area contributed by atoms with Gasteiger partial charge in [-0.2, -0.15) is 0 Å². The minimum atomic E-state index is -0.386. The van der Waals surface area contributed by atoms with Crippen LogP contribution in [0.1, 0.15) is 19.0 Å². The lowest BCUT2D eigenvalue weighted by Gasteiger charge is -2.13. The van der Waals surface area contributed by atoms with Crippen molar-refractivity contribution in [2.75, 3.05) is 5.32 Å². The lowest BCUT2D eigenvalue weighted by atomic mass is 10.3. The summed E-state index contributed by atoms with van der Waals surface area (Å²) in [5.41, 5.74) is 0.658. The molecule has 6 nitrogen and oxygen atoms in total. The van der Waals surface area contributed by atoms with Gasteiger partial charge in [0.25, 0.3) is 5.56 Å². The lowest BCUT2D eigenvalue weighted by Crippen LogP contribution is -2.25. The molecule has 22 heavy (non-hydrogen) atoms. The normalized spacial score (nSPS) is 12.0. The number of carbonyl (C=O) groups is 1. The molecule has 1 unspecified atom stereocenters. The minimum absolute atomic E-state index is 0.168. The second kappa shape index (κ2) is 7.42. The third kappa shape index (κ3) is 4.32. The van der Waals surface area contributed by atoms with Crippen LogP contribution >= 0.6 is 23.4 Å². The van der Waals surface area contributed by atoms with Crippen LogP contribution in [0.3, 0.4) is 0 Å². The third-order valence-electron chi connectivity index (χ3n) is 2.87. The summed E-state index contributed by atoms with van der Waals surface area (Å²) in [5.74, 6) is -0.168. The fourth-order valence-corrected chi connectivity index (χ4v) is 2.61. The quantitative estimate of drug-likeness (QED) is 0.818. The van der Waals surface area contributed by atoms with E-state index in [0.717, 1.165) is 0 Å². The van der Waals surface area contributed by atoms with Crippen LogP contribution in [-0.4, -0.2) is 26.3 Å². The molecule has 0 aliphatic carbocycles. The van der Waals surface area contributed by atoms with Crippen molar-refractivity contribution in [3.05, 3.63) is 45.3 Å². The van der Waals surface area contributed by atoms with Crippen LogP contribution in [0.2, 0.25) is 5.02 Å². The average molecular weight is 339 g/mol. The van der Waals surface area contributed by atoms with Gasteiger partial charge in [0.15, 0.2) is 5.16 Å². The minimum Gasteiger partial charge on any atom is -0.325 e. The summed E-state index contributed by atoms with van der Waals surface area (Å²) in [6.07, 6.45) is 0.585. The Morgan fingerprint density at radius 2 is 2.05 bits per heavy atom. The van der Waals surface area contributed by atoms with E-state index < -0.39 is 0 Å². The fourth-order valence-electron chi connectivity index (χ4n) is 1.64. The first-order valence-corrected chi connectivity index (χ1v) is 7.92. The molecule has 8 heteroatoms. The van der Waals surface area contributed by atoms with Gasteiger partial charge in [0.1, 0.15) is 5.69 Å². The fraction of sp³-hybridized carbons (Fsp3) is 0.286. The maximum absolute atomic E-state index is 12.3. The smallest absolute Gasteiger partial charge is 0.273 e. The van der Waals surface area contributed by atoms with Crippen molar-refractivity contribution < 1.29 is 4.79 Å². The van der Waals surface area contributed by atoms with Crippen LogP contribution in [0.15, 0.2) is 34.2 Å². The number of H-pyrrole nitrogens is 1. The van der Waals surface area contributed by atoms with Crippen molar-refractivity contribution in [3.8, 4) is 0 Å². The van der Waals surface area contributed by atoms with Gasteiger partial charge in [0.05, 0.1) is 5.25 Å². The van der Waals surface area contributed by atoms with Crippen LogP contribution in [0.5, 0.6) is 0 Å². The third-order valence-corrected chi connectivity index (χ3v) is 4.36. The Morgan fingerprint density at radius 3 is 2.64 bits per heavy atom. The number of carbonyl (C=O) groups excluding carboxylic acids is 1. The van der Waals surface area contributed by atoms with Crippen molar-refractivity contribution in [3.63, 3.8) is 0 Å². The van der Waals surface area contributed by atoms with E-state index in [0.29, 0.717) is 28.0 Å². The highest BCUT2D eigenvalue weighted by molar-refractivity contribution is 8.00. The number of halogens is 1. The molecular weight excluding hydrogens is 324 g/mol. The van der Waals surface area contributed by atoms with Gasteiger partial charge in [0.2, 0.25) is 5.91 Å². The van der Waals surface area contributed by atoms with Gasteiger partial charge in [-0.1, -0.05) is 30.3 Å². The number of nitrogens with zero attached hydrogens (tertiary/aromatic N) is 2. The van der Waals surface area contributed by atoms with Crippen LogP contribution in [0.25, 0.3) is 0 Å². The zero-order chi connectivity index (χ0) is 16.1. The van der Waals surface area contributed by atoms with Crippen LogP contribution in [-0.2, 0) is 4.79 Å². The van der Waals surface area contributed by atoms with Crippen LogP contribution in [0.4, 0.5) is 5.69 Å². The molecule has 0 aliphatic rings. The summed E-state index contributed by atoms with van der Waals surface area (Å²) in [4.78, 5) is 26.4. The highest BCUT2D eigenvalue weighted by Crippen LogP contribution is 2.22. The molecule has 0 spiro atoms. The first kappa shape index (κ1) is 16.5. The van der Waals surface area contributed by atoms with Gasteiger partial charge in [0, 0.05) is 10.7 Å². The number of hydrogen-bond donors (Lipinski definition) is 2. The number of amides is 1. The first-order valence-electron chi connectivity index (χ1n) is 6.66. The van der Waals surface area contributed by atoms with Gasteiger partial charge in [-0.25, -0.2) is 0 Å². The predicted molar refractivity (Wildman–Crippen MR) is 87.4 cm³/mol. The molecule has 2 rings (SSSR count). The number of rotatable bonds is 5. The maximum atomic E-state index is 12.3. The molecule has 0 saturated heterocycles. The van der Waals surface area contributed by atoms with Crippen molar-refractivity contribution in [1.29, 1.82) is 0 Å². The number of hydrogen-bond acceptors (Lipinski definition) is 5. The van der Waals surface area contributed by atoms with E-state index in [9.17, 15) is 9.59 Å². The van der Waals surface area contributed by atoms with E-state index in [1.165, 1.54) is 11.8 Å². The summed E-state index contributed by atoms with van der Waals surface area (Å²) in [6.45, 7) is 3.46. The van der Waals surface area contributed by atoms with E-state index in [-0.39, 0.29) is 16.7 Å². The Labute approximate surface area is 136 Å². The maximum Gasteiger partial charge on any atom is 0.273 e. The van der Waals surface area contributed by atoms with Gasteiger partial charge in [-0.3, -0.25) is 14.6 Å². The number of thioether (sulfide) groups is 1. The molecule has 0 saturated carbocycles. The SMILES string of the molecule is CCC(Sc1nnc(C)c(=O)[nH]1)C(=O)Nc1ccc(Cl)cc1. The molecular formula is C14H15ClN4O2S. The van der Waals surface area contributed by atoms with Gasteiger partial charge in [-0.05, 0) is 37.6 Å². The summed E-state index contributed by atoms with van der Waals surface area (Å²) in [7, 11) is 0. The first-order chi connectivity index (χ1) is 10.5. The average Bonchev–Trinajstić information content (AvgIpc) is 2.50. The van der Waals surface area contributed by atoms with Crippen LogP contribution < -0.4 is 10.9 Å². The molecule has 1 heterocycles. The highest BCUT2D eigenvalue weighted by atomic mass is 35.5. The Morgan fingerprint density at radius 1 is 1.36 bits per heavy atom. The number of aryl methyl sites for hydroxylation is 1. The van der Waals surface area contributed by atoms with Crippen molar-refractivity contribution in [1.82, 2.24) is 15.2 Å². The largest absolute Gasteiger partial charge is 0.325 e. The predicted octanol–water partition coefficient (Wildman–Crippen LogP) is 2.64. The number of aromatic nitrogens is 3. The standard InChI is InChI=1S/C14H15ClN4O2S/c1-3-11(22-14-17-12(20)8(2)18-19-14)13(21)16-10-6-4-9(15)5-7-10/h4-7,11H,3H2,1-2H3,(H,16,21)(H,17,19,20). The second-order valence-electron chi connectivity index (χ2n) is 4.56. The van der Waals surface area contributed by atoms with E-state index >= 15 is 0 Å². The molecule has 1 aromatic carbocycles. The number of benzene rings is 1. The van der Waals surface area contributed by atoms with E-state index in [2.05, 4.69) is 20.5 Å². The van der Waals surface area contributed by atoms with Gasteiger partial charge >= 0.3 is 0 Å². The molecule has 1 atom stereocenters. The number of aromatic amines is 1. The molecule has 0 fully saturated rings. The number of anilines is 1. The lowest BCUT2D eigenvalue weighted by molar-refractivity contribution is -0.115.